The van der Waals surface area contributed by atoms with Crippen molar-refractivity contribution in [2.75, 3.05) is 11.5 Å². The van der Waals surface area contributed by atoms with Crippen molar-refractivity contribution in [2.24, 2.45) is 0 Å². The van der Waals surface area contributed by atoms with Crippen LogP contribution in [0.3, 0.4) is 0 Å². The number of furan rings is 1. The van der Waals surface area contributed by atoms with Gasteiger partial charge in [0.2, 0.25) is 0 Å². The molecule has 4 rings (SSSR count). The highest BCUT2D eigenvalue weighted by Crippen LogP contribution is 2.43. The highest BCUT2D eigenvalue weighted by atomic mass is 16.5. The Bertz CT molecular complexity index is 1180. The summed E-state index contributed by atoms with van der Waals surface area (Å²) < 4.78 is 11.1. The molecule has 1 aliphatic heterocycles. The number of amides is 1. The van der Waals surface area contributed by atoms with Crippen LogP contribution >= 0.6 is 0 Å². The maximum Gasteiger partial charge on any atom is 0.300 e. The molecule has 6 nitrogen and oxygen atoms in total. The zero-order chi connectivity index (χ0) is 22.1. The number of nitrogens with zero attached hydrogens (tertiary/aromatic N) is 1. The summed E-state index contributed by atoms with van der Waals surface area (Å²) in [6, 6.07) is 14.8. The van der Waals surface area contributed by atoms with Gasteiger partial charge in [-0.25, -0.2) is 0 Å². The Morgan fingerprint density at radius 1 is 1.06 bits per heavy atom. The number of anilines is 1. The molecule has 0 saturated carbocycles. The lowest BCUT2D eigenvalue weighted by Gasteiger charge is -2.23. The lowest BCUT2D eigenvalue weighted by molar-refractivity contribution is -0.132. The van der Waals surface area contributed by atoms with Crippen molar-refractivity contribution in [1.82, 2.24) is 0 Å². The van der Waals surface area contributed by atoms with E-state index in [9.17, 15) is 14.7 Å². The largest absolute Gasteiger partial charge is 0.507 e. The van der Waals surface area contributed by atoms with Gasteiger partial charge in [0, 0.05) is 17.3 Å². The molecule has 1 aromatic heterocycles. The molecule has 0 radical (unpaired) electrons. The van der Waals surface area contributed by atoms with Crippen LogP contribution in [-0.4, -0.2) is 23.4 Å². The second kappa shape index (κ2) is 8.14. The molecule has 2 aromatic carbocycles. The normalized spacial score (nSPS) is 17.9. The van der Waals surface area contributed by atoms with Gasteiger partial charge in [-0.1, -0.05) is 18.2 Å². The van der Waals surface area contributed by atoms with Crippen LogP contribution in [0.5, 0.6) is 5.75 Å². The fourth-order valence-corrected chi connectivity index (χ4v) is 3.75. The Morgan fingerprint density at radius 3 is 2.55 bits per heavy atom. The lowest BCUT2D eigenvalue weighted by Crippen LogP contribution is -2.29. The van der Waals surface area contributed by atoms with Crippen LogP contribution < -0.4 is 9.64 Å². The SMILES string of the molecule is CCOc1cccc(N2C(=O)C(=O)/C(=C(\O)c3ccc(C)c(C)c3)C2c2ccco2)c1. The number of aliphatic hydroxyl groups is 1. The molecule has 0 spiro atoms. The number of Topliss-reactive ketones (excluding diaryl/α,β-unsaturated/α-hetero) is 1. The van der Waals surface area contributed by atoms with Gasteiger partial charge in [-0.3, -0.25) is 14.5 Å². The third kappa shape index (κ3) is 3.61. The molecular weight excluding hydrogens is 394 g/mol. The molecule has 1 amide bonds. The van der Waals surface area contributed by atoms with Crippen molar-refractivity contribution in [3.8, 4) is 5.75 Å². The zero-order valence-corrected chi connectivity index (χ0v) is 17.6. The summed E-state index contributed by atoms with van der Waals surface area (Å²) in [6.45, 7) is 6.22. The van der Waals surface area contributed by atoms with Crippen molar-refractivity contribution in [3.05, 3.63) is 88.9 Å². The topological polar surface area (TPSA) is 80.0 Å². The number of carbonyl (C=O) groups is 2. The van der Waals surface area contributed by atoms with E-state index in [2.05, 4.69) is 0 Å². The highest BCUT2D eigenvalue weighted by molar-refractivity contribution is 6.51. The first-order chi connectivity index (χ1) is 14.9. The van der Waals surface area contributed by atoms with E-state index in [-0.39, 0.29) is 11.3 Å². The minimum Gasteiger partial charge on any atom is -0.507 e. The second-order valence-electron chi connectivity index (χ2n) is 7.41. The predicted octanol–water partition coefficient (Wildman–Crippen LogP) is 4.92. The number of ether oxygens (including phenoxy) is 1. The smallest absolute Gasteiger partial charge is 0.300 e. The van der Waals surface area contributed by atoms with E-state index in [1.165, 1.54) is 11.2 Å². The fraction of sp³-hybridized carbons (Fsp3) is 0.200. The van der Waals surface area contributed by atoms with Crippen LogP contribution in [0.2, 0.25) is 0 Å². The van der Waals surface area contributed by atoms with Gasteiger partial charge in [-0.2, -0.15) is 0 Å². The van der Waals surface area contributed by atoms with Crippen molar-refractivity contribution in [3.63, 3.8) is 0 Å². The maximum atomic E-state index is 13.1. The van der Waals surface area contributed by atoms with Gasteiger partial charge >= 0.3 is 0 Å². The van der Waals surface area contributed by atoms with Crippen LogP contribution in [0, 0.1) is 13.8 Å². The molecule has 1 N–H and O–H groups in total. The average molecular weight is 417 g/mol. The van der Waals surface area contributed by atoms with E-state index in [4.69, 9.17) is 9.15 Å². The van der Waals surface area contributed by atoms with Crippen LogP contribution in [0.1, 0.15) is 35.4 Å². The number of aryl methyl sites for hydroxylation is 2. The van der Waals surface area contributed by atoms with Crippen molar-refractivity contribution >= 4 is 23.1 Å². The van der Waals surface area contributed by atoms with Gasteiger partial charge in [0.05, 0.1) is 18.4 Å². The first-order valence-corrected chi connectivity index (χ1v) is 10.1. The molecule has 3 aromatic rings. The van der Waals surface area contributed by atoms with Gasteiger partial charge in [-0.15, -0.1) is 0 Å². The van der Waals surface area contributed by atoms with Crippen molar-refractivity contribution < 1.29 is 23.8 Å². The zero-order valence-electron chi connectivity index (χ0n) is 17.6. The number of hydrogen-bond acceptors (Lipinski definition) is 5. The number of aliphatic hydroxyl groups excluding tert-OH is 1. The Hall–Kier alpha value is -3.80. The Balaban J connectivity index is 1.90. The van der Waals surface area contributed by atoms with E-state index in [0.717, 1.165) is 11.1 Å². The maximum absolute atomic E-state index is 13.1. The molecule has 1 fully saturated rings. The van der Waals surface area contributed by atoms with E-state index in [0.29, 0.717) is 29.4 Å². The first-order valence-electron chi connectivity index (χ1n) is 10.1. The summed E-state index contributed by atoms with van der Waals surface area (Å²) in [5, 5.41) is 11.1. The van der Waals surface area contributed by atoms with Crippen molar-refractivity contribution in [2.45, 2.75) is 26.8 Å². The molecule has 158 valence electrons. The van der Waals surface area contributed by atoms with Gasteiger partial charge in [0.25, 0.3) is 11.7 Å². The number of ketones is 1. The Morgan fingerprint density at radius 2 is 1.87 bits per heavy atom. The second-order valence-corrected chi connectivity index (χ2v) is 7.41. The highest BCUT2D eigenvalue weighted by Gasteiger charge is 2.48. The summed E-state index contributed by atoms with van der Waals surface area (Å²) >= 11 is 0. The lowest BCUT2D eigenvalue weighted by atomic mass is 9.97. The molecule has 0 bridgehead atoms. The quantitative estimate of drug-likeness (QED) is 0.362. The monoisotopic (exact) mass is 417 g/mol. The van der Waals surface area contributed by atoms with Gasteiger partial charge in [0.1, 0.15) is 23.3 Å². The van der Waals surface area contributed by atoms with E-state index in [1.807, 2.05) is 26.8 Å². The van der Waals surface area contributed by atoms with Crippen molar-refractivity contribution in [1.29, 1.82) is 0 Å². The molecule has 1 aliphatic rings. The van der Waals surface area contributed by atoms with E-state index < -0.39 is 17.7 Å². The average Bonchev–Trinajstić information content (AvgIpc) is 3.37. The molecule has 31 heavy (non-hydrogen) atoms. The minimum atomic E-state index is -0.895. The van der Waals surface area contributed by atoms with Gasteiger partial charge in [0.15, 0.2) is 0 Å². The van der Waals surface area contributed by atoms with Crippen LogP contribution in [-0.2, 0) is 9.59 Å². The molecule has 1 saturated heterocycles. The molecule has 1 unspecified atom stereocenters. The van der Waals surface area contributed by atoms with Crippen LogP contribution in [0.4, 0.5) is 5.69 Å². The third-order valence-corrected chi connectivity index (χ3v) is 5.44. The number of carbonyl (C=O) groups excluding carboxylic acids is 2. The molecule has 2 heterocycles. The first kappa shape index (κ1) is 20.5. The van der Waals surface area contributed by atoms with Gasteiger partial charge in [-0.05, 0) is 62.2 Å². The summed E-state index contributed by atoms with van der Waals surface area (Å²) in [4.78, 5) is 27.5. The summed E-state index contributed by atoms with van der Waals surface area (Å²) in [7, 11) is 0. The predicted molar refractivity (Wildman–Crippen MR) is 117 cm³/mol. The van der Waals surface area contributed by atoms with Crippen LogP contribution in [0.25, 0.3) is 5.76 Å². The van der Waals surface area contributed by atoms with Gasteiger partial charge < -0.3 is 14.3 Å². The number of rotatable bonds is 5. The molecular formula is C25H23NO5. The fourth-order valence-electron chi connectivity index (χ4n) is 3.75. The Kier molecular flexibility index (Phi) is 5.38. The third-order valence-electron chi connectivity index (χ3n) is 5.44. The number of hydrogen-bond donors (Lipinski definition) is 1. The molecule has 0 aliphatic carbocycles. The van der Waals surface area contributed by atoms with E-state index >= 15 is 0 Å². The summed E-state index contributed by atoms with van der Waals surface area (Å²) in [5.74, 6) is -0.772. The summed E-state index contributed by atoms with van der Waals surface area (Å²) in [5.41, 5.74) is 2.98. The molecule has 1 atom stereocenters. The standard InChI is InChI=1S/C25H23NO5/c1-4-30-19-8-5-7-18(14-19)26-22(20-9-6-12-31-20)21(24(28)25(26)29)23(27)17-11-10-15(2)16(3)13-17/h5-14,22,27H,4H2,1-3H3/b23-21-. The minimum absolute atomic E-state index is 0.00924. The van der Waals surface area contributed by atoms with E-state index in [1.54, 1.807) is 48.5 Å². The number of benzene rings is 2. The Labute approximate surface area is 180 Å². The molecule has 6 heteroatoms. The summed E-state index contributed by atoms with van der Waals surface area (Å²) in [6.07, 6.45) is 1.47. The van der Waals surface area contributed by atoms with Crippen LogP contribution in [0.15, 0.2) is 70.9 Å².